The van der Waals surface area contributed by atoms with E-state index in [4.69, 9.17) is 0 Å². The Hall–Kier alpha value is -1.61. The minimum absolute atomic E-state index is 0.292. The summed E-state index contributed by atoms with van der Waals surface area (Å²) >= 11 is 0. The van der Waals surface area contributed by atoms with Crippen LogP contribution in [0.2, 0.25) is 0 Å². The van der Waals surface area contributed by atoms with Crippen molar-refractivity contribution in [2.75, 3.05) is 6.54 Å². The van der Waals surface area contributed by atoms with Gasteiger partial charge in [-0.15, -0.1) is 0 Å². The van der Waals surface area contributed by atoms with Gasteiger partial charge in [-0.3, -0.25) is 4.68 Å². The molecule has 0 spiro atoms. The van der Waals surface area contributed by atoms with Crippen LogP contribution >= 0.6 is 0 Å². The van der Waals surface area contributed by atoms with Gasteiger partial charge in [0, 0.05) is 19.2 Å². The van der Waals surface area contributed by atoms with Crippen LogP contribution in [-0.4, -0.2) is 16.3 Å². The highest BCUT2D eigenvalue weighted by Crippen LogP contribution is 2.38. The predicted molar refractivity (Wildman–Crippen MR) is 88.3 cm³/mol. The van der Waals surface area contributed by atoms with E-state index in [1.807, 2.05) is 17.9 Å². The van der Waals surface area contributed by atoms with E-state index >= 15 is 0 Å². The van der Waals surface area contributed by atoms with Gasteiger partial charge in [0.2, 0.25) is 0 Å². The smallest absolute Gasteiger partial charge is 0.0563 e. The Balaban J connectivity index is 2.43. The molecule has 114 valence electrons. The molecule has 0 saturated carbocycles. The highest BCUT2D eigenvalue weighted by molar-refractivity contribution is 5.25. The van der Waals surface area contributed by atoms with Crippen molar-refractivity contribution in [1.82, 2.24) is 15.1 Å². The molecule has 21 heavy (non-hydrogen) atoms. The molecule has 0 bridgehead atoms. The van der Waals surface area contributed by atoms with Gasteiger partial charge in [-0.05, 0) is 24.1 Å². The van der Waals surface area contributed by atoms with E-state index in [1.165, 1.54) is 17.7 Å². The lowest BCUT2D eigenvalue weighted by molar-refractivity contribution is 0.332. The Labute approximate surface area is 128 Å². The zero-order valence-corrected chi connectivity index (χ0v) is 13.6. The molecule has 1 heterocycles. The second kappa shape index (κ2) is 7.41. The first-order valence-corrected chi connectivity index (χ1v) is 7.95. The molecule has 0 saturated heterocycles. The number of nitrogens with zero attached hydrogens (tertiary/aromatic N) is 2. The molecular formula is C18H27N3. The van der Waals surface area contributed by atoms with Crippen molar-refractivity contribution in [3.63, 3.8) is 0 Å². The lowest BCUT2D eigenvalue weighted by Crippen LogP contribution is -2.32. The number of rotatable bonds is 7. The minimum Gasteiger partial charge on any atom is -0.308 e. The molecule has 0 amide bonds. The van der Waals surface area contributed by atoms with Crippen LogP contribution in [0.4, 0.5) is 0 Å². The number of aryl methyl sites for hydroxylation is 1. The molecule has 1 N–H and O–H groups in total. The molecule has 0 fully saturated rings. The highest BCUT2D eigenvalue weighted by Gasteiger charge is 2.29. The molecule has 1 aromatic carbocycles. The summed E-state index contributed by atoms with van der Waals surface area (Å²) in [6, 6.07) is 13.3. The highest BCUT2D eigenvalue weighted by atomic mass is 15.3. The average molecular weight is 285 g/mol. The van der Waals surface area contributed by atoms with Crippen LogP contribution in [0, 0.1) is 5.92 Å². The van der Waals surface area contributed by atoms with Crippen molar-refractivity contribution < 1.29 is 0 Å². The Morgan fingerprint density at radius 2 is 1.86 bits per heavy atom. The summed E-state index contributed by atoms with van der Waals surface area (Å²) in [4.78, 5) is 0. The maximum Gasteiger partial charge on any atom is 0.0563 e. The predicted octanol–water partition coefficient (Wildman–Crippen LogP) is 3.90. The van der Waals surface area contributed by atoms with Crippen LogP contribution in [-0.2, 0) is 7.05 Å². The Morgan fingerprint density at radius 3 is 2.38 bits per heavy atom. The van der Waals surface area contributed by atoms with Gasteiger partial charge in [0.1, 0.15) is 0 Å². The molecule has 0 aliphatic heterocycles. The summed E-state index contributed by atoms with van der Waals surface area (Å²) in [5.41, 5.74) is 2.66. The number of nitrogens with one attached hydrogen (secondary N) is 1. The van der Waals surface area contributed by atoms with E-state index in [0.717, 1.165) is 6.54 Å². The molecule has 3 unspecified atom stereocenters. The van der Waals surface area contributed by atoms with Crippen LogP contribution in [0.25, 0.3) is 0 Å². The van der Waals surface area contributed by atoms with Crippen LogP contribution in [0.5, 0.6) is 0 Å². The summed E-state index contributed by atoms with van der Waals surface area (Å²) in [6.07, 6.45) is 3.05. The zero-order chi connectivity index (χ0) is 15.2. The molecule has 3 atom stereocenters. The van der Waals surface area contributed by atoms with E-state index in [1.54, 1.807) is 0 Å². The van der Waals surface area contributed by atoms with Gasteiger partial charge in [-0.1, -0.05) is 57.5 Å². The molecule has 2 aromatic rings. The fraction of sp³-hybridized carbons (Fsp3) is 0.500. The number of hydrogen-bond acceptors (Lipinski definition) is 2. The largest absolute Gasteiger partial charge is 0.308 e. The first-order valence-electron chi connectivity index (χ1n) is 7.95. The van der Waals surface area contributed by atoms with Crippen molar-refractivity contribution >= 4 is 0 Å². The van der Waals surface area contributed by atoms with Crippen LogP contribution in [0.1, 0.15) is 50.4 Å². The molecule has 3 heteroatoms. The SMILES string of the molecule is CCNC(c1ccnn1C)C(c1ccccc1)C(C)CC. The van der Waals surface area contributed by atoms with Crippen LogP contribution < -0.4 is 5.32 Å². The van der Waals surface area contributed by atoms with Gasteiger partial charge in [0.15, 0.2) is 0 Å². The first-order chi connectivity index (χ1) is 10.2. The average Bonchev–Trinajstić information content (AvgIpc) is 2.93. The number of hydrogen-bond donors (Lipinski definition) is 1. The van der Waals surface area contributed by atoms with Gasteiger partial charge >= 0.3 is 0 Å². The van der Waals surface area contributed by atoms with Crippen molar-refractivity contribution in [2.45, 2.75) is 39.2 Å². The molecule has 1 aromatic heterocycles. The molecule has 0 aliphatic carbocycles. The van der Waals surface area contributed by atoms with Gasteiger partial charge in [-0.2, -0.15) is 5.10 Å². The Morgan fingerprint density at radius 1 is 1.14 bits per heavy atom. The molecular weight excluding hydrogens is 258 g/mol. The van der Waals surface area contributed by atoms with Crippen molar-refractivity contribution in [3.8, 4) is 0 Å². The third kappa shape index (κ3) is 3.53. The standard InChI is InChI=1S/C18H27N3/c1-5-14(3)17(15-10-8-7-9-11-15)18(19-6-2)16-12-13-20-21(16)4/h7-14,17-19H,5-6H2,1-4H3. The van der Waals surface area contributed by atoms with Crippen molar-refractivity contribution in [1.29, 1.82) is 0 Å². The van der Waals surface area contributed by atoms with Crippen LogP contribution in [0.15, 0.2) is 42.6 Å². The molecule has 0 aliphatic rings. The lowest BCUT2D eigenvalue weighted by Gasteiger charge is -2.32. The maximum absolute atomic E-state index is 4.36. The number of likely N-dealkylation sites (N-methyl/N-ethyl adjacent to an activating group) is 1. The first kappa shape index (κ1) is 15.8. The van der Waals surface area contributed by atoms with E-state index < -0.39 is 0 Å². The Kier molecular flexibility index (Phi) is 5.57. The second-order valence-corrected chi connectivity index (χ2v) is 5.74. The minimum atomic E-state index is 0.292. The molecule has 0 radical (unpaired) electrons. The molecule has 3 nitrogen and oxygen atoms in total. The summed E-state index contributed by atoms with van der Waals surface area (Å²) in [6.45, 7) is 7.74. The summed E-state index contributed by atoms with van der Waals surface area (Å²) < 4.78 is 1.99. The second-order valence-electron chi connectivity index (χ2n) is 5.74. The van der Waals surface area contributed by atoms with Crippen LogP contribution in [0.3, 0.4) is 0 Å². The third-order valence-electron chi connectivity index (χ3n) is 4.40. The summed E-state index contributed by atoms with van der Waals surface area (Å²) in [7, 11) is 2.03. The van der Waals surface area contributed by atoms with E-state index in [9.17, 15) is 0 Å². The van der Waals surface area contributed by atoms with Gasteiger partial charge in [-0.25, -0.2) is 0 Å². The van der Waals surface area contributed by atoms with E-state index in [-0.39, 0.29) is 0 Å². The van der Waals surface area contributed by atoms with Crippen molar-refractivity contribution in [2.24, 2.45) is 13.0 Å². The quantitative estimate of drug-likeness (QED) is 0.836. The normalized spacial score (nSPS) is 15.6. The van der Waals surface area contributed by atoms with Gasteiger partial charge in [0.05, 0.1) is 11.7 Å². The maximum atomic E-state index is 4.36. The van der Waals surface area contributed by atoms with E-state index in [0.29, 0.717) is 17.9 Å². The van der Waals surface area contributed by atoms with Crippen molar-refractivity contribution in [3.05, 3.63) is 53.9 Å². The topological polar surface area (TPSA) is 29.9 Å². The monoisotopic (exact) mass is 285 g/mol. The third-order valence-corrected chi connectivity index (χ3v) is 4.40. The molecule has 2 rings (SSSR count). The van der Waals surface area contributed by atoms with E-state index in [2.05, 4.69) is 67.6 Å². The lowest BCUT2D eigenvalue weighted by atomic mass is 9.79. The Bertz CT molecular complexity index is 532. The summed E-state index contributed by atoms with van der Waals surface area (Å²) in [5, 5.41) is 8.04. The fourth-order valence-corrected chi connectivity index (χ4v) is 3.10. The fourth-order valence-electron chi connectivity index (χ4n) is 3.10. The van der Waals surface area contributed by atoms with Gasteiger partial charge in [0.25, 0.3) is 0 Å². The zero-order valence-electron chi connectivity index (χ0n) is 13.6. The summed E-state index contributed by atoms with van der Waals surface area (Å²) in [5.74, 6) is 1.05. The van der Waals surface area contributed by atoms with Gasteiger partial charge < -0.3 is 5.32 Å². The number of aromatic nitrogens is 2. The number of benzene rings is 1.